The maximum atomic E-state index is 12.6. The van der Waals surface area contributed by atoms with E-state index in [2.05, 4.69) is 38.7 Å². The summed E-state index contributed by atoms with van der Waals surface area (Å²) in [6.45, 7) is 2.04. The van der Waals surface area contributed by atoms with E-state index in [9.17, 15) is 19.5 Å². The molecular weight excluding hydrogens is 512 g/mol. The lowest BCUT2D eigenvalue weighted by molar-refractivity contribution is -0.116. The quantitative estimate of drug-likeness (QED) is 0.337. The molecule has 3 aromatic rings. The van der Waals surface area contributed by atoms with Gasteiger partial charge in [-0.2, -0.15) is 0 Å². The first kappa shape index (κ1) is 24.5. The number of anilines is 1. The predicted octanol–water partition coefficient (Wildman–Crippen LogP) is 5.79. The molecule has 3 aromatic carbocycles. The molecule has 1 atom stereocenters. The molecule has 0 fully saturated rings. The highest BCUT2D eigenvalue weighted by Gasteiger charge is 2.29. The zero-order valence-corrected chi connectivity index (χ0v) is 20.7. The van der Waals surface area contributed by atoms with Gasteiger partial charge in [-0.15, -0.1) is 0 Å². The molecule has 1 unspecified atom stereocenters. The Morgan fingerprint density at radius 3 is 2.23 bits per heavy atom. The largest absolute Gasteiger partial charge is 0.478 e. The molecule has 0 saturated carbocycles. The second-order valence-electron chi connectivity index (χ2n) is 8.32. The molecule has 0 bridgehead atoms. The Bertz CT molecular complexity index is 1230. The van der Waals surface area contributed by atoms with Gasteiger partial charge in [0.1, 0.15) is 6.61 Å². The summed E-state index contributed by atoms with van der Waals surface area (Å²) in [6, 6.07) is 20.3. The molecular formula is C27H25BrN2O5. The molecule has 35 heavy (non-hydrogen) atoms. The second-order valence-corrected chi connectivity index (χ2v) is 9.24. The number of carbonyl (C=O) groups excluding carboxylic acids is 2. The first-order valence-electron chi connectivity index (χ1n) is 11.3. The minimum absolute atomic E-state index is 0.0180. The van der Waals surface area contributed by atoms with Crippen molar-refractivity contribution in [2.75, 3.05) is 11.9 Å². The predicted molar refractivity (Wildman–Crippen MR) is 137 cm³/mol. The summed E-state index contributed by atoms with van der Waals surface area (Å²) in [5.74, 6) is -1.60. The number of aromatic carboxylic acids is 1. The Morgan fingerprint density at radius 1 is 1.00 bits per heavy atom. The lowest BCUT2D eigenvalue weighted by Crippen LogP contribution is -2.38. The number of ether oxygens (including phenoxy) is 1. The van der Waals surface area contributed by atoms with Crippen LogP contribution in [0.25, 0.3) is 11.1 Å². The highest BCUT2D eigenvalue weighted by Crippen LogP contribution is 2.44. The lowest BCUT2D eigenvalue weighted by atomic mass is 9.98. The highest BCUT2D eigenvalue weighted by molar-refractivity contribution is 9.10. The van der Waals surface area contributed by atoms with Crippen molar-refractivity contribution in [3.8, 4) is 11.1 Å². The Hall–Kier alpha value is -3.65. The van der Waals surface area contributed by atoms with Crippen molar-refractivity contribution in [1.29, 1.82) is 0 Å². The number of rotatable bonds is 8. The lowest BCUT2D eigenvalue weighted by Gasteiger charge is -2.19. The van der Waals surface area contributed by atoms with Crippen LogP contribution in [0, 0.1) is 0 Å². The number of amides is 2. The number of fused-ring (bicyclic) bond motifs is 3. The van der Waals surface area contributed by atoms with Gasteiger partial charge in [0.15, 0.2) is 0 Å². The van der Waals surface area contributed by atoms with Crippen molar-refractivity contribution in [3.05, 3.63) is 87.9 Å². The van der Waals surface area contributed by atoms with Crippen LogP contribution in [0.4, 0.5) is 10.5 Å². The third-order valence-corrected chi connectivity index (χ3v) is 6.57. The van der Waals surface area contributed by atoms with Gasteiger partial charge in [-0.1, -0.05) is 71.4 Å². The monoisotopic (exact) mass is 536 g/mol. The van der Waals surface area contributed by atoms with E-state index < -0.39 is 24.0 Å². The number of nitrogens with one attached hydrogen (secondary N) is 2. The second kappa shape index (κ2) is 10.7. The fourth-order valence-corrected chi connectivity index (χ4v) is 4.69. The standard InChI is InChI=1S/C27H25BrN2O5/c1-2-17(14-25(31)30-24-12-11-16(28)13-22(24)26(32)33)29-27(34)35-15-23-20-9-5-3-7-18(20)19-8-4-6-10-21(19)23/h3-13,17,23H,2,14-15H2,1H3,(H,29,34)(H,30,31)(H,32,33). The summed E-state index contributed by atoms with van der Waals surface area (Å²) in [6.07, 6.45) is -0.110. The first-order chi connectivity index (χ1) is 16.9. The molecule has 0 saturated heterocycles. The summed E-state index contributed by atoms with van der Waals surface area (Å²) in [7, 11) is 0. The zero-order valence-electron chi connectivity index (χ0n) is 19.1. The molecule has 0 radical (unpaired) electrons. The maximum absolute atomic E-state index is 12.6. The van der Waals surface area contributed by atoms with E-state index >= 15 is 0 Å². The Morgan fingerprint density at radius 2 is 1.63 bits per heavy atom. The Kier molecular flexibility index (Phi) is 7.51. The summed E-state index contributed by atoms with van der Waals surface area (Å²) >= 11 is 3.23. The van der Waals surface area contributed by atoms with E-state index in [0.29, 0.717) is 10.9 Å². The van der Waals surface area contributed by atoms with E-state index in [4.69, 9.17) is 4.74 Å². The van der Waals surface area contributed by atoms with Crippen molar-refractivity contribution >= 4 is 39.6 Å². The van der Waals surface area contributed by atoms with Crippen molar-refractivity contribution in [3.63, 3.8) is 0 Å². The smallest absolute Gasteiger partial charge is 0.407 e. The van der Waals surface area contributed by atoms with Crippen LogP contribution >= 0.6 is 15.9 Å². The Labute approximate surface area is 211 Å². The normalized spacial score (nSPS) is 12.9. The summed E-state index contributed by atoms with van der Waals surface area (Å²) in [5, 5.41) is 14.8. The molecule has 3 N–H and O–H groups in total. The van der Waals surface area contributed by atoms with Gasteiger partial charge >= 0.3 is 12.1 Å². The van der Waals surface area contributed by atoms with Gasteiger partial charge in [-0.25, -0.2) is 9.59 Å². The fraction of sp³-hybridized carbons (Fsp3) is 0.222. The zero-order chi connectivity index (χ0) is 24.9. The van der Waals surface area contributed by atoms with Crippen LogP contribution in [0.15, 0.2) is 71.2 Å². The average molecular weight is 537 g/mol. The molecule has 2 amide bonds. The molecule has 0 aromatic heterocycles. The molecule has 0 heterocycles. The highest BCUT2D eigenvalue weighted by atomic mass is 79.9. The van der Waals surface area contributed by atoms with Crippen molar-refractivity contribution in [2.45, 2.75) is 31.7 Å². The average Bonchev–Trinajstić information content (AvgIpc) is 3.17. The molecule has 8 heteroatoms. The van der Waals surface area contributed by atoms with Crippen LogP contribution in [0.1, 0.15) is 47.2 Å². The molecule has 0 aliphatic heterocycles. The van der Waals surface area contributed by atoms with Crippen molar-refractivity contribution in [2.24, 2.45) is 0 Å². The van der Waals surface area contributed by atoms with E-state index in [-0.39, 0.29) is 30.2 Å². The molecule has 7 nitrogen and oxygen atoms in total. The molecule has 4 rings (SSSR count). The molecule has 0 spiro atoms. The third-order valence-electron chi connectivity index (χ3n) is 6.08. The van der Waals surface area contributed by atoms with Crippen LogP contribution in [0.5, 0.6) is 0 Å². The van der Waals surface area contributed by atoms with Crippen LogP contribution in [0.3, 0.4) is 0 Å². The third kappa shape index (κ3) is 5.54. The van der Waals surface area contributed by atoms with Gasteiger partial charge in [-0.05, 0) is 46.9 Å². The minimum atomic E-state index is -1.15. The molecule has 180 valence electrons. The van der Waals surface area contributed by atoms with Gasteiger partial charge in [0.05, 0.1) is 11.3 Å². The number of carboxylic acids is 1. The van der Waals surface area contributed by atoms with Gasteiger partial charge in [0.25, 0.3) is 0 Å². The molecule has 1 aliphatic carbocycles. The van der Waals surface area contributed by atoms with Crippen LogP contribution in [-0.2, 0) is 9.53 Å². The number of carbonyl (C=O) groups is 3. The van der Waals surface area contributed by atoms with Gasteiger partial charge in [0.2, 0.25) is 5.91 Å². The molecule has 1 aliphatic rings. The number of benzene rings is 3. The number of alkyl carbamates (subject to hydrolysis) is 1. The van der Waals surface area contributed by atoms with E-state index in [1.165, 1.54) is 12.1 Å². The van der Waals surface area contributed by atoms with Crippen LogP contribution in [-0.4, -0.2) is 35.7 Å². The van der Waals surface area contributed by atoms with E-state index in [1.807, 2.05) is 43.3 Å². The van der Waals surface area contributed by atoms with Gasteiger partial charge in [0, 0.05) is 22.9 Å². The van der Waals surface area contributed by atoms with Gasteiger partial charge < -0.3 is 20.5 Å². The number of carboxylic acid groups (broad SMARTS) is 1. The van der Waals surface area contributed by atoms with E-state index in [1.54, 1.807) is 6.07 Å². The fourth-order valence-electron chi connectivity index (χ4n) is 4.33. The van der Waals surface area contributed by atoms with E-state index in [0.717, 1.165) is 22.3 Å². The Balaban J connectivity index is 1.35. The summed E-state index contributed by atoms with van der Waals surface area (Å²) < 4.78 is 6.16. The summed E-state index contributed by atoms with van der Waals surface area (Å²) in [5.41, 5.74) is 4.71. The topological polar surface area (TPSA) is 105 Å². The maximum Gasteiger partial charge on any atom is 0.407 e. The van der Waals surface area contributed by atoms with Crippen LogP contribution in [0.2, 0.25) is 0 Å². The number of hydrogen-bond acceptors (Lipinski definition) is 4. The number of hydrogen-bond donors (Lipinski definition) is 3. The first-order valence-corrected chi connectivity index (χ1v) is 12.1. The van der Waals surface area contributed by atoms with Crippen molar-refractivity contribution < 1.29 is 24.2 Å². The van der Waals surface area contributed by atoms with Gasteiger partial charge in [-0.3, -0.25) is 4.79 Å². The van der Waals surface area contributed by atoms with Crippen LogP contribution < -0.4 is 10.6 Å². The summed E-state index contributed by atoms with van der Waals surface area (Å²) in [4.78, 5) is 36.6. The number of halogens is 1. The minimum Gasteiger partial charge on any atom is -0.478 e. The SMILES string of the molecule is CCC(CC(=O)Nc1ccc(Br)cc1C(=O)O)NC(=O)OCC1c2ccccc2-c2ccccc21. The van der Waals surface area contributed by atoms with Crippen molar-refractivity contribution in [1.82, 2.24) is 5.32 Å².